The van der Waals surface area contributed by atoms with E-state index in [9.17, 15) is 0 Å². The predicted octanol–water partition coefficient (Wildman–Crippen LogP) is 1.69. The van der Waals surface area contributed by atoms with Crippen molar-refractivity contribution in [3.63, 3.8) is 0 Å². The van der Waals surface area contributed by atoms with Crippen molar-refractivity contribution in [1.29, 1.82) is 0 Å². The summed E-state index contributed by atoms with van der Waals surface area (Å²) in [5, 5.41) is 11.9. The zero-order valence-electron chi connectivity index (χ0n) is 12.0. The van der Waals surface area contributed by atoms with Crippen molar-refractivity contribution in [1.82, 2.24) is 15.0 Å². The molecular formula is C14H18N4O3. The van der Waals surface area contributed by atoms with Gasteiger partial charge < -0.3 is 19.9 Å². The van der Waals surface area contributed by atoms with Crippen molar-refractivity contribution < 1.29 is 14.6 Å². The van der Waals surface area contributed by atoms with Gasteiger partial charge in [-0.3, -0.25) is 0 Å². The molecule has 7 nitrogen and oxygen atoms in total. The first-order valence-electron chi connectivity index (χ1n) is 6.57. The topological polar surface area (TPSA) is 89.4 Å². The standard InChI is InChI=1S/C14H18N4O3/c1-10-11(4-5-13(17-10)21-7-3-6-19)18-14-12(20-2)8-15-9-16-14/h4-5,8-9,19H,3,6-7H2,1-2H3,(H,15,16,18). The monoisotopic (exact) mass is 290 g/mol. The van der Waals surface area contributed by atoms with Crippen LogP contribution in [0.4, 0.5) is 11.5 Å². The summed E-state index contributed by atoms with van der Waals surface area (Å²) in [6.07, 6.45) is 3.61. The molecule has 2 aromatic heterocycles. The van der Waals surface area contributed by atoms with Gasteiger partial charge in [0.05, 0.1) is 31.3 Å². The lowest BCUT2D eigenvalue weighted by Gasteiger charge is -2.12. The maximum absolute atomic E-state index is 8.72. The average molecular weight is 290 g/mol. The summed E-state index contributed by atoms with van der Waals surface area (Å²) in [6.45, 7) is 2.41. The Kier molecular flexibility index (Phi) is 5.28. The van der Waals surface area contributed by atoms with Gasteiger partial charge in [0.15, 0.2) is 11.6 Å². The molecule has 7 heteroatoms. The van der Waals surface area contributed by atoms with E-state index in [0.717, 1.165) is 11.4 Å². The van der Waals surface area contributed by atoms with Crippen LogP contribution < -0.4 is 14.8 Å². The zero-order chi connectivity index (χ0) is 15.1. The van der Waals surface area contributed by atoms with Gasteiger partial charge in [-0.15, -0.1) is 0 Å². The lowest BCUT2D eigenvalue weighted by molar-refractivity contribution is 0.229. The largest absolute Gasteiger partial charge is 0.491 e. The Balaban J connectivity index is 2.10. The summed E-state index contributed by atoms with van der Waals surface area (Å²) in [4.78, 5) is 12.4. The third kappa shape index (κ3) is 4.03. The number of nitrogens with one attached hydrogen (secondary N) is 1. The first kappa shape index (κ1) is 15.0. The molecule has 0 aliphatic rings. The molecule has 2 N–H and O–H groups in total. The highest BCUT2D eigenvalue weighted by Crippen LogP contribution is 2.26. The van der Waals surface area contributed by atoms with E-state index in [1.165, 1.54) is 6.33 Å². The molecule has 0 spiro atoms. The summed E-state index contributed by atoms with van der Waals surface area (Å²) < 4.78 is 10.6. The van der Waals surface area contributed by atoms with E-state index in [-0.39, 0.29) is 6.61 Å². The minimum absolute atomic E-state index is 0.103. The Morgan fingerprint density at radius 2 is 2.19 bits per heavy atom. The van der Waals surface area contributed by atoms with Gasteiger partial charge in [0.25, 0.3) is 0 Å². The van der Waals surface area contributed by atoms with E-state index < -0.39 is 0 Å². The second-order valence-corrected chi connectivity index (χ2v) is 4.27. The minimum Gasteiger partial charge on any atom is -0.491 e. The summed E-state index contributed by atoms with van der Waals surface area (Å²) in [5.74, 6) is 1.66. The van der Waals surface area contributed by atoms with Gasteiger partial charge in [-0.1, -0.05) is 0 Å². The molecule has 0 amide bonds. The molecule has 2 heterocycles. The van der Waals surface area contributed by atoms with Crippen molar-refractivity contribution in [2.45, 2.75) is 13.3 Å². The number of hydrogen-bond acceptors (Lipinski definition) is 7. The highest BCUT2D eigenvalue weighted by molar-refractivity contribution is 5.63. The molecule has 0 atom stereocenters. The van der Waals surface area contributed by atoms with Gasteiger partial charge >= 0.3 is 0 Å². The van der Waals surface area contributed by atoms with Crippen molar-refractivity contribution in [2.24, 2.45) is 0 Å². The predicted molar refractivity (Wildman–Crippen MR) is 78.0 cm³/mol. The van der Waals surface area contributed by atoms with Gasteiger partial charge in [0.1, 0.15) is 6.33 Å². The van der Waals surface area contributed by atoms with E-state index >= 15 is 0 Å². The van der Waals surface area contributed by atoms with Crippen LogP contribution in [0.3, 0.4) is 0 Å². The van der Waals surface area contributed by atoms with Crippen molar-refractivity contribution in [3.8, 4) is 11.6 Å². The summed E-state index contributed by atoms with van der Waals surface area (Å²) in [5.41, 5.74) is 1.58. The number of anilines is 2. The van der Waals surface area contributed by atoms with Gasteiger partial charge in [-0.2, -0.15) is 0 Å². The number of ether oxygens (including phenoxy) is 2. The average Bonchev–Trinajstić information content (AvgIpc) is 2.50. The molecule has 0 radical (unpaired) electrons. The van der Waals surface area contributed by atoms with E-state index in [2.05, 4.69) is 20.3 Å². The summed E-state index contributed by atoms with van der Waals surface area (Å²) >= 11 is 0. The molecular weight excluding hydrogens is 272 g/mol. The number of aliphatic hydroxyl groups is 1. The van der Waals surface area contributed by atoms with Gasteiger partial charge in [0, 0.05) is 19.1 Å². The fourth-order valence-corrected chi connectivity index (χ4v) is 1.68. The fraction of sp³-hybridized carbons (Fsp3) is 0.357. The molecule has 0 aliphatic carbocycles. The second kappa shape index (κ2) is 7.39. The van der Waals surface area contributed by atoms with Crippen LogP contribution in [0.2, 0.25) is 0 Å². The van der Waals surface area contributed by atoms with Crippen LogP contribution in [-0.2, 0) is 0 Å². The van der Waals surface area contributed by atoms with Gasteiger partial charge in [-0.25, -0.2) is 15.0 Å². The van der Waals surface area contributed by atoms with Crippen LogP contribution in [0.1, 0.15) is 12.1 Å². The number of nitrogens with zero attached hydrogens (tertiary/aromatic N) is 3. The molecule has 0 bridgehead atoms. The zero-order valence-corrected chi connectivity index (χ0v) is 12.0. The first-order valence-corrected chi connectivity index (χ1v) is 6.57. The number of aryl methyl sites for hydroxylation is 1. The van der Waals surface area contributed by atoms with E-state index in [1.54, 1.807) is 19.4 Å². The number of rotatable bonds is 7. The quantitative estimate of drug-likeness (QED) is 0.750. The molecule has 112 valence electrons. The Labute approximate surface area is 123 Å². The van der Waals surface area contributed by atoms with Crippen molar-refractivity contribution in [3.05, 3.63) is 30.4 Å². The molecule has 0 unspecified atom stereocenters. The van der Waals surface area contributed by atoms with Crippen LogP contribution in [0.5, 0.6) is 11.6 Å². The molecule has 0 saturated heterocycles. The highest BCUT2D eigenvalue weighted by atomic mass is 16.5. The second-order valence-electron chi connectivity index (χ2n) is 4.27. The van der Waals surface area contributed by atoms with Crippen LogP contribution in [0.15, 0.2) is 24.7 Å². The number of methoxy groups -OCH3 is 1. The van der Waals surface area contributed by atoms with E-state index in [1.807, 2.05) is 13.0 Å². The maximum atomic E-state index is 8.72. The number of aliphatic hydroxyl groups excluding tert-OH is 1. The molecule has 0 fully saturated rings. The molecule has 0 aliphatic heterocycles. The van der Waals surface area contributed by atoms with Gasteiger partial charge in [-0.05, 0) is 13.0 Å². The molecule has 0 aromatic carbocycles. The Morgan fingerprint density at radius 1 is 1.33 bits per heavy atom. The summed E-state index contributed by atoms with van der Waals surface area (Å²) in [7, 11) is 1.56. The summed E-state index contributed by atoms with van der Waals surface area (Å²) in [6, 6.07) is 3.62. The Hall–Kier alpha value is -2.41. The van der Waals surface area contributed by atoms with E-state index in [4.69, 9.17) is 14.6 Å². The van der Waals surface area contributed by atoms with Crippen LogP contribution in [-0.4, -0.2) is 40.4 Å². The minimum atomic E-state index is 0.103. The van der Waals surface area contributed by atoms with Gasteiger partial charge in [0.2, 0.25) is 5.88 Å². The van der Waals surface area contributed by atoms with Crippen LogP contribution in [0.25, 0.3) is 0 Å². The molecule has 2 aromatic rings. The van der Waals surface area contributed by atoms with Crippen LogP contribution in [0, 0.1) is 6.92 Å². The fourth-order valence-electron chi connectivity index (χ4n) is 1.68. The lowest BCUT2D eigenvalue weighted by Crippen LogP contribution is -2.04. The smallest absolute Gasteiger partial charge is 0.213 e. The maximum Gasteiger partial charge on any atom is 0.213 e. The third-order valence-corrected chi connectivity index (χ3v) is 2.76. The number of hydrogen-bond donors (Lipinski definition) is 2. The lowest BCUT2D eigenvalue weighted by atomic mass is 10.3. The number of aromatic nitrogens is 3. The highest BCUT2D eigenvalue weighted by Gasteiger charge is 2.08. The molecule has 21 heavy (non-hydrogen) atoms. The van der Waals surface area contributed by atoms with Crippen molar-refractivity contribution >= 4 is 11.5 Å². The normalized spacial score (nSPS) is 10.2. The Morgan fingerprint density at radius 3 is 2.90 bits per heavy atom. The van der Waals surface area contributed by atoms with E-state index in [0.29, 0.717) is 30.5 Å². The molecule has 0 saturated carbocycles. The van der Waals surface area contributed by atoms with Crippen LogP contribution >= 0.6 is 0 Å². The van der Waals surface area contributed by atoms with Crippen molar-refractivity contribution in [2.75, 3.05) is 25.6 Å². The molecule has 2 rings (SSSR count). The third-order valence-electron chi connectivity index (χ3n) is 2.76. The SMILES string of the molecule is COc1cncnc1Nc1ccc(OCCCO)nc1C. The first-order chi connectivity index (χ1) is 10.2. The number of pyridine rings is 1. The Bertz CT molecular complexity index is 592.